The Morgan fingerprint density at radius 1 is 1.28 bits per heavy atom. The largest absolute Gasteiger partial charge is 0.350 e. The lowest BCUT2D eigenvalue weighted by molar-refractivity contribution is -0.125. The second kappa shape index (κ2) is 5.87. The highest BCUT2D eigenvalue weighted by molar-refractivity contribution is 5.77. The van der Waals surface area contributed by atoms with Gasteiger partial charge in [0.2, 0.25) is 5.91 Å². The summed E-state index contributed by atoms with van der Waals surface area (Å²) in [7, 11) is 0. The number of carbonyl (C=O) groups is 1. The molecule has 2 aliphatic rings. The van der Waals surface area contributed by atoms with Crippen LogP contribution in [-0.2, 0) is 4.79 Å². The summed E-state index contributed by atoms with van der Waals surface area (Å²) < 4.78 is 0. The fourth-order valence-electron chi connectivity index (χ4n) is 2.99. The predicted molar refractivity (Wildman–Crippen MR) is 74.4 cm³/mol. The van der Waals surface area contributed by atoms with Gasteiger partial charge in [-0.3, -0.25) is 4.79 Å². The summed E-state index contributed by atoms with van der Waals surface area (Å²) in [6.07, 6.45) is 12.6. The van der Waals surface area contributed by atoms with E-state index in [2.05, 4.69) is 36.6 Å². The van der Waals surface area contributed by atoms with E-state index in [0.717, 1.165) is 6.42 Å². The maximum absolute atomic E-state index is 11.5. The van der Waals surface area contributed by atoms with Crippen LogP contribution in [0, 0.1) is 0 Å². The van der Waals surface area contributed by atoms with Gasteiger partial charge in [0.25, 0.3) is 0 Å². The maximum atomic E-state index is 11.5. The van der Waals surface area contributed by atoms with Gasteiger partial charge in [-0.05, 0) is 39.5 Å². The van der Waals surface area contributed by atoms with Crippen molar-refractivity contribution in [3.05, 3.63) is 12.2 Å². The number of carbonyl (C=O) groups excluding carboxylic acids is 1. The number of nitrogens with one attached hydrogen (secondary N) is 2. The number of rotatable bonds is 2. The quantitative estimate of drug-likeness (QED) is 0.739. The third kappa shape index (κ3) is 3.58. The molecule has 2 unspecified atom stereocenters. The fraction of sp³-hybridized carbons (Fsp3) is 0.800. The minimum absolute atomic E-state index is 0.133. The molecule has 1 heterocycles. The van der Waals surface area contributed by atoms with E-state index >= 15 is 0 Å². The zero-order chi connectivity index (χ0) is 13.0. The van der Waals surface area contributed by atoms with Gasteiger partial charge in [0, 0.05) is 24.0 Å². The van der Waals surface area contributed by atoms with Gasteiger partial charge in [-0.2, -0.15) is 0 Å². The Morgan fingerprint density at radius 2 is 2.11 bits per heavy atom. The molecule has 3 nitrogen and oxygen atoms in total. The van der Waals surface area contributed by atoms with Crippen molar-refractivity contribution < 1.29 is 4.79 Å². The van der Waals surface area contributed by atoms with Crippen LogP contribution in [0.2, 0.25) is 0 Å². The van der Waals surface area contributed by atoms with E-state index < -0.39 is 0 Å². The highest BCUT2D eigenvalue weighted by atomic mass is 16.1. The number of hydrogen-bond donors (Lipinski definition) is 2. The van der Waals surface area contributed by atoms with Gasteiger partial charge < -0.3 is 10.6 Å². The van der Waals surface area contributed by atoms with Crippen LogP contribution in [0.4, 0.5) is 0 Å². The molecule has 1 aliphatic heterocycles. The first kappa shape index (κ1) is 13.6. The molecule has 0 radical (unpaired) electrons. The molecule has 2 atom stereocenters. The Labute approximate surface area is 110 Å². The summed E-state index contributed by atoms with van der Waals surface area (Å²) in [5.41, 5.74) is -0.133. The molecule has 0 aromatic carbocycles. The molecule has 1 fully saturated rings. The Kier molecular flexibility index (Phi) is 4.44. The van der Waals surface area contributed by atoms with E-state index in [1.807, 2.05) is 0 Å². The minimum atomic E-state index is -0.133. The highest BCUT2D eigenvalue weighted by Gasteiger charge is 2.35. The molecule has 1 amide bonds. The van der Waals surface area contributed by atoms with Gasteiger partial charge in [0.1, 0.15) is 0 Å². The number of piperidine rings is 1. The van der Waals surface area contributed by atoms with Crippen LogP contribution in [0.1, 0.15) is 58.8 Å². The molecule has 0 aromatic heterocycles. The van der Waals surface area contributed by atoms with Crippen molar-refractivity contribution in [2.45, 2.75) is 76.4 Å². The molecule has 2 N–H and O–H groups in total. The van der Waals surface area contributed by atoms with Crippen LogP contribution in [0.25, 0.3) is 0 Å². The van der Waals surface area contributed by atoms with Crippen molar-refractivity contribution >= 4 is 5.91 Å². The van der Waals surface area contributed by atoms with E-state index in [1.54, 1.807) is 0 Å². The maximum Gasteiger partial charge on any atom is 0.220 e. The Bertz CT molecular complexity index is 322. The van der Waals surface area contributed by atoms with Gasteiger partial charge in [-0.15, -0.1) is 0 Å². The van der Waals surface area contributed by atoms with Gasteiger partial charge in [-0.1, -0.05) is 25.0 Å². The van der Waals surface area contributed by atoms with Crippen molar-refractivity contribution in [1.82, 2.24) is 10.6 Å². The molecule has 3 heteroatoms. The smallest absolute Gasteiger partial charge is 0.220 e. The molecule has 2 rings (SSSR count). The predicted octanol–water partition coefficient (Wildman–Crippen LogP) is 2.52. The molecular formula is C15H26N2O. The summed E-state index contributed by atoms with van der Waals surface area (Å²) in [5.74, 6) is 0.186. The first-order valence-electron chi connectivity index (χ1n) is 7.32. The number of hydrogen-bond acceptors (Lipinski definition) is 2. The molecule has 1 saturated heterocycles. The van der Waals surface area contributed by atoms with Crippen molar-refractivity contribution in [1.29, 1.82) is 0 Å². The average Bonchev–Trinajstić information content (AvgIpc) is 2.24. The topological polar surface area (TPSA) is 41.1 Å². The highest BCUT2D eigenvalue weighted by Crippen LogP contribution is 2.22. The normalized spacial score (nSPS) is 34.2. The lowest BCUT2D eigenvalue weighted by Crippen LogP contribution is -2.62. The Morgan fingerprint density at radius 3 is 2.89 bits per heavy atom. The van der Waals surface area contributed by atoms with E-state index in [-0.39, 0.29) is 11.4 Å². The molecule has 18 heavy (non-hydrogen) atoms. The summed E-state index contributed by atoms with van der Waals surface area (Å²) >= 11 is 0. The second-order valence-electron chi connectivity index (χ2n) is 6.20. The summed E-state index contributed by atoms with van der Waals surface area (Å²) in [5, 5.41) is 6.83. The monoisotopic (exact) mass is 250 g/mol. The standard InChI is InChI=1S/C15H26N2O/c1-15(2)13(10-11-14(18)17-15)16-12-8-6-4-3-5-7-9-12/h6,8,12-13,16H,3-5,7,9-11H2,1-2H3,(H,17,18)/b8-6-. The van der Waals surface area contributed by atoms with Crippen LogP contribution in [0.15, 0.2) is 12.2 Å². The van der Waals surface area contributed by atoms with Crippen molar-refractivity contribution in [2.24, 2.45) is 0 Å². The van der Waals surface area contributed by atoms with Crippen molar-refractivity contribution in [3.8, 4) is 0 Å². The van der Waals surface area contributed by atoms with Gasteiger partial charge >= 0.3 is 0 Å². The third-order valence-electron chi connectivity index (χ3n) is 4.16. The molecule has 0 bridgehead atoms. The van der Waals surface area contributed by atoms with Crippen LogP contribution in [-0.4, -0.2) is 23.5 Å². The Hall–Kier alpha value is -0.830. The van der Waals surface area contributed by atoms with E-state index in [0.29, 0.717) is 18.5 Å². The molecule has 1 aliphatic carbocycles. The van der Waals surface area contributed by atoms with Crippen LogP contribution in [0.5, 0.6) is 0 Å². The van der Waals surface area contributed by atoms with E-state index in [1.165, 1.54) is 32.1 Å². The van der Waals surface area contributed by atoms with E-state index in [4.69, 9.17) is 0 Å². The van der Waals surface area contributed by atoms with Crippen LogP contribution in [0.3, 0.4) is 0 Å². The molecular weight excluding hydrogens is 224 g/mol. The average molecular weight is 250 g/mol. The first-order chi connectivity index (χ1) is 8.58. The molecule has 0 saturated carbocycles. The third-order valence-corrected chi connectivity index (χ3v) is 4.16. The summed E-state index contributed by atoms with van der Waals surface area (Å²) in [6.45, 7) is 4.24. The van der Waals surface area contributed by atoms with Gasteiger partial charge in [0.15, 0.2) is 0 Å². The van der Waals surface area contributed by atoms with Gasteiger partial charge in [0.05, 0.1) is 0 Å². The number of allylic oxidation sites excluding steroid dienone is 1. The molecule has 0 spiro atoms. The SMILES string of the molecule is CC1(C)NC(=O)CCC1NC1/C=C\CCCCC1. The minimum Gasteiger partial charge on any atom is -0.350 e. The second-order valence-corrected chi connectivity index (χ2v) is 6.20. The summed E-state index contributed by atoms with van der Waals surface area (Å²) in [6, 6.07) is 0.855. The van der Waals surface area contributed by atoms with Crippen LogP contribution < -0.4 is 10.6 Å². The lowest BCUT2D eigenvalue weighted by Gasteiger charge is -2.41. The lowest BCUT2D eigenvalue weighted by atomic mass is 9.86. The Balaban J connectivity index is 1.94. The number of amides is 1. The zero-order valence-corrected chi connectivity index (χ0v) is 11.7. The fourth-order valence-corrected chi connectivity index (χ4v) is 2.99. The van der Waals surface area contributed by atoms with Crippen molar-refractivity contribution in [3.63, 3.8) is 0 Å². The summed E-state index contributed by atoms with van der Waals surface area (Å²) in [4.78, 5) is 11.5. The first-order valence-corrected chi connectivity index (χ1v) is 7.32. The van der Waals surface area contributed by atoms with Crippen molar-refractivity contribution in [2.75, 3.05) is 0 Å². The molecule has 102 valence electrons. The molecule has 0 aromatic rings. The van der Waals surface area contributed by atoms with E-state index in [9.17, 15) is 4.79 Å². The van der Waals surface area contributed by atoms with Crippen LogP contribution >= 0.6 is 0 Å². The van der Waals surface area contributed by atoms with Gasteiger partial charge in [-0.25, -0.2) is 0 Å². The zero-order valence-electron chi connectivity index (χ0n) is 11.7.